The van der Waals surface area contributed by atoms with Crippen LogP contribution in [0, 0.1) is 0 Å². The summed E-state index contributed by atoms with van der Waals surface area (Å²) >= 11 is 0. The van der Waals surface area contributed by atoms with Gasteiger partial charge in [-0.05, 0) is 33.4 Å². The molecule has 0 aliphatic heterocycles. The Morgan fingerprint density at radius 3 is 1.55 bits per heavy atom. The zero-order valence-electron chi connectivity index (χ0n) is 10.8. The SMILES string of the molecule is OC1C=Cc2c(-c3cccc4c3C=CC4O)cccc21. The Hall–Kier alpha value is -2.16. The van der Waals surface area contributed by atoms with Gasteiger partial charge >= 0.3 is 0 Å². The summed E-state index contributed by atoms with van der Waals surface area (Å²) in [5, 5.41) is 19.9. The molecule has 98 valence electrons. The van der Waals surface area contributed by atoms with E-state index in [1.54, 1.807) is 0 Å². The third-order valence-corrected chi connectivity index (χ3v) is 4.10. The molecular weight excluding hydrogens is 248 g/mol. The first-order chi connectivity index (χ1) is 9.75. The molecule has 2 aromatic rings. The predicted molar refractivity (Wildman–Crippen MR) is 79.9 cm³/mol. The minimum atomic E-state index is -0.511. The van der Waals surface area contributed by atoms with Gasteiger partial charge in [-0.25, -0.2) is 0 Å². The maximum absolute atomic E-state index is 9.95. The van der Waals surface area contributed by atoms with Gasteiger partial charge in [-0.1, -0.05) is 60.7 Å². The lowest BCUT2D eigenvalue weighted by atomic mass is 9.92. The summed E-state index contributed by atoms with van der Waals surface area (Å²) in [7, 11) is 0. The Labute approximate surface area is 117 Å². The molecular formula is C18H14O2. The highest BCUT2D eigenvalue weighted by Crippen LogP contribution is 2.40. The Morgan fingerprint density at radius 1 is 0.650 bits per heavy atom. The standard InChI is InChI=1S/C18H14O2/c19-17-9-7-13-11(3-1-5-15(13)17)12-4-2-6-16-14(12)8-10-18(16)20/h1-10,17-20H. The van der Waals surface area contributed by atoms with Crippen LogP contribution in [0.1, 0.15) is 34.5 Å². The number of hydrogen-bond donors (Lipinski definition) is 2. The van der Waals surface area contributed by atoms with Gasteiger partial charge in [0.15, 0.2) is 0 Å². The first kappa shape index (κ1) is 11.6. The molecule has 2 atom stereocenters. The normalized spacial score (nSPS) is 22.1. The van der Waals surface area contributed by atoms with E-state index in [2.05, 4.69) is 12.1 Å². The van der Waals surface area contributed by atoms with Crippen molar-refractivity contribution in [1.82, 2.24) is 0 Å². The van der Waals surface area contributed by atoms with E-state index in [0.29, 0.717) is 0 Å². The van der Waals surface area contributed by atoms with Gasteiger partial charge in [0.05, 0.1) is 12.2 Å². The van der Waals surface area contributed by atoms with Crippen molar-refractivity contribution in [2.75, 3.05) is 0 Å². The molecule has 0 heterocycles. The van der Waals surface area contributed by atoms with E-state index < -0.39 is 12.2 Å². The second-order valence-corrected chi connectivity index (χ2v) is 5.22. The molecule has 0 aromatic heterocycles. The molecule has 0 saturated carbocycles. The summed E-state index contributed by atoms with van der Waals surface area (Å²) in [6, 6.07) is 12.0. The van der Waals surface area contributed by atoms with E-state index in [4.69, 9.17) is 0 Å². The molecule has 2 nitrogen and oxygen atoms in total. The molecule has 2 N–H and O–H groups in total. The van der Waals surface area contributed by atoms with Crippen molar-refractivity contribution in [2.45, 2.75) is 12.2 Å². The van der Waals surface area contributed by atoms with E-state index in [9.17, 15) is 10.2 Å². The van der Waals surface area contributed by atoms with Gasteiger partial charge < -0.3 is 10.2 Å². The van der Waals surface area contributed by atoms with E-state index in [1.165, 1.54) is 0 Å². The van der Waals surface area contributed by atoms with Crippen LogP contribution in [-0.4, -0.2) is 10.2 Å². The fourth-order valence-corrected chi connectivity index (χ4v) is 3.11. The van der Waals surface area contributed by atoms with Crippen molar-refractivity contribution in [3.63, 3.8) is 0 Å². The Balaban J connectivity index is 1.97. The van der Waals surface area contributed by atoms with Crippen LogP contribution in [0.4, 0.5) is 0 Å². The Kier molecular flexibility index (Phi) is 2.43. The fourth-order valence-electron chi connectivity index (χ4n) is 3.11. The zero-order valence-corrected chi connectivity index (χ0v) is 10.8. The van der Waals surface area contributed by atoms with Crippen molar-refractivity contribution in [1.29, 1.82) is 0 Å². The lowest BCUT2D eigenvalue weighted by molar-refractivity contribution is 0.231. The molecule has 0 spiro atoms. The smallest absolute Gasteiger partial charge is 0.0981 e. The van der Waals surface area contributed by atoms with Crippen LogP contribution in [0.25, 0.3) is 23.3 Å². The highest BCUT2D eigenvalue weighted by molar-refractivity contribution is 5.86. The summed E-state index contributed by atoms with van der Waals surface area (Å²) in [6.45, 7) is 0. The topological polar surface area (TPSA) is 40.5 Å². The Bertz CT molecular complexity index is 691. The van der Waals surface area contributed by atoms with Gasteiger partial charge in [0.25, 0.3) is 0 Å². The van der Waals surface area contributed by atoms with E-state index in [0.717, 1.165) is 33.4 Å². The molecule has 4 rings (SSSR count). The van der Waals surface area contributed by atoms with E-state index in [1.807, 2.05) is 48.6 Å². The van der Waals surface area contributed by atoms with Crippen LogP contribution < -0.4 is 0 Å². The molecule has 2 aliphatic carbocycles. The molecule has 0 bridgehead atoms. The first-order valence-electron chi connectivity index (χ1n) is 6.74. The maximum atomic E-state index is 9.95. The van der Waals surface area contributed by atoms with Gasteiger partial charge in [0, 0.05) is 0 Å². The molecule has 2 aromatic carbocycles. The molecule has 0 radical (unpaired) electrons. The number of rotatable bonds is 1. The van der Waals surface area contributed by atoms with Crippen molar-refractivity contribution in [3.8, 4) is 11.1 Å². The van der Waals surface area contributed by atoms with Crippen LogP contribution in [0.2, 0.25) is 0 Å². The number of aliphatic hydroxyl groups is 2. The molecule has 0 amide bonds. The lowest BCUT2D eigenvalue weighted by Crippen LogP contribution is -1.95. The second-order valence-electron chi connectivity index (χ2n) is 5.22. The number of hydrogen-bond acceptors (Lipinski definition) is 2. The molecule has 2 unspecified atom stereocenters. The molecule has 0 saturated heterocycles. The number of benzene rings is 2. The molecule has 20 heavy (non-hydrogen) atoms. The van der Waals surface area contributed by atoms with Crippen molar-refractivity contribution in [3.05, 3.63) is 70.8 Å². The van der Waals surface area contributed by atoms with Crippen molar-refractivity contribution < 1.29 is 10.2 Å². The largest absolute Gasteiger partial charge is 0.384 e. The van der Waals surface area contributed by atoms with Gasteiger partial charge in [0.1, 0.15) is 0 Å². The Morgan fingerprint density at radius 2 is 1.10 bits per heavy atom. The average Bonchev–Trinajstić information content (AvgIpc) is 3.03. The van der Waals surface area contributed by atoms with Gasteiger partial charge in [-0.3, -0.25) is 0 Å². The highest BCUT2D eigenvalue weighted by Gasteiger charge is 2.22. The summed E-state index contributed by atoms with van der Waals surface area (Å²) in [5.41, 5.74) is 6.24. The van der Waals surface area contributed by atoms with E-state index in [-0.39, 0.29) is 0 Å². The van der Waals surface area contributed by atoms with Crippen LogP contribution in [0.5, 0.6) is 0 Å². The summed E-state index contributed by atoms with van der Waals surface area (Å²) in [5.74, 6) is 0. The summed E-state index contributed by atoms with van der Waals surface area (Å²) in [4.78, 5) is 0. The minimum Gasteiger partial charge on any atom is -0.384 e. The van der Waals surface area contributed by atoms with Crippen molar-refractivity contribution in [2.24, 2.45) is 0 Å². The third kappa shape index (κ3) is 1.52. The van der Waals surface area contributed by atoms with Crippen molar-refractivity contribution >= 4 is 12.2 Å². The fraction of sp³-hybridized carbons (Fsp3) is 0.111. The highest BCUT2D eigenvalue weighted by atomic mass is 16.3. The number of aliphatic hydroxyl groups excluding tert-OH is 2. The van der Waals surface area contributed by atoms with Crippen LogP contribution in [0.15, 0.2) is 48.6 Å². The van der Waals surface area contributed by atoms with E-state index >= 15 is 0 Å². The summed E-state index contributed by atoms with van der Waals surface area (Å²) < 4.78 is 0. The maximum Gasteiger partial charge on any atom is 0.0981 e. The van der Waals surface area contributed by atoms with Crippen LogP contribution in [-0.2, 0) is 0 Å². The minimum absolute atomic E-state index is 0.511. The quantitative estimate of drug-likeness (QED) is 0.826. The predicted octanol–water partition coefficient (Wildman–Crippen LogP) is 3.47. The molecule has 0 fully saturated rings. The molecule has 2 aliphatic rings. The van der Waals surface area contributed by atoms with Gasteiger partial charge in [-0.2, -0.15) is 0 Å². The van der Waals surface area contributed by atoms with Crippen LogP contribution >= 0.6 is 0 Å². The van der Waals surface area contributed by atoms with Gasteiger partial charge in [0.2, 0.25) is 0 Å². The zero-order chi connectivity index (χ0) is 13.7. The third-order valence-electron chi connectivity index (χ3n) is 4.10. The molecule has 2 heteroatoms. The monoisotopic (exact) mass is 262 g/mol. The first-order valence-corrected chi connectivity index (χ1v) is 6.74. The second kappa shape index (κ2) is 4.17. The van der Waals surface area contributed by atoms with Crippen LogP contribution in [0.3, 0.4) is 0 Å². The average molecular weight is 262 g/mol. The summed E-state index contributed by atoms with van der Waals surface area (Å²) in [6.07, 6.45) is 6.54. The lowest BCUT2D eigenvalue weighted by Gasteiger charge is -2.13. The van der Waals surface area contributed by atoms with Gasteiger partial charge in [-0.15, -0.1) is 0 Å². The number of fused-ring (bicyclic) bond motifs is 2.